The van der Waals surface area contributed by atoms with Gasteiger partial charge in [-0.2, -0.15) is 0 Å². The molecule has 0 unspecified atom stereocenters. The van der Waals surface area contributed by atoms with E-state index in [9.17, 15) is 9.59 Å². The first-order valence-corrected chi connectivity index (χ1v) is 8.38. The van der Waals surface area contributed by atoms with Crippen molar-refractivity contribution in [3.05, 3.63) is 77.0 Å². The first kappa shape index (κ1) is 15.9. The van der Waals surface area contributed by atoms with E-state index in [-0.39, 0.29) is 5.91 Å². The van der Waals surface area contributed by atoms with Gasteiger partial charge in [-0.25, -0.2) is 9.78 Å². The predicted octanol–water partition coefficient (Wildman–Crippen LogP) is 2.48. The van der Waals surface area contributed by atoms with Crippen molar-refractivity contribution in [2.75, 3.05) is 5.32 Å². The minimum absolute atomic E-state index is 0.281. The van der Waals surface area contributed by atoms with E-state index >= 15 is 0 Å². The highest BCUT2D eigenvalue weighted by atomic mass is 16.4. The van der Waals surface area contributed by atoms with Gasteiger partial charge in [0.15, 0.2) is 11.4 Å². The number of carbonyl (C=O) groups is 1. The Labute approximate surface area is 156 Å². The molecule has 9 heteroatoms. The number of aromatic amines is 1. The summed E-state index contributed by atoms with van der Waals surface area (Å²) in [4.78, 5) is 30.4. The van der Waals surface area contributed by atoms with E-state index in [4.69, 9.17) is 4.42 Å². The first-order chi connectivity index (χ1) is 13.7. The van der Waals surface area contributed by atoms with Crippen LogP contribution in [0.4, 0.5) is 5.69 Å². The Hall–Kier alpha value is -4.27. The lowest BCUT2D eigenvalue weighted by atomic mass is 10.1. The third-order valence-corrected chi connectivity index (χ3v) is 4.27. The maximum Gasteiger partial charge on any atom is 0.417 e. The molecule has 2 N–H and O–H groups in total. The number of amides is 1. The molecule has 0 aliphatic rings. The molecule has 5 rings (SSSR count). The summed E-state index contributed by atoms with van der Waals surface area (Å²) in [5.41, 5.74) is 2.77. The van der Waals surface area contributed by atoms with Gasteiger partial charge in [-0.05, 0) is 30.3 Å². The number of carbonyl (C=O) groups excluding carboxylic acids is 1. The Balaban J connectivity index is 1.40. The van der Waals surface area contributed by atoms with Crippen LogP contribution in [0.3, 0.4) is 0 Å². The second-order valence-corrected chi connectivity index (χ2v) is 6.07. The Morgan fingerprint density at radius 3 is 2.82 bits per heavy atom. The summed E-state index contributed by atoms with van der Waals surface area (Å²) >= 11 is 0. The van der Waals surface area contributed by atoms with E-state index in [2.05, 4.69) is 25.5 Å². The zero-order valence-electron chi connectivity index (χ0n) is 14.3. The number of nitrogens with one attached hydrogen (secondary N) is 2. The van der Waals surface area contributed by atoms with Crippen LogP contribution < -0.4 is 11.1 Å². The number of rotatable bonds is 3. The summed E-state index contributed by atoms with van der Waals surface area (Å²) < 4.78 is 6.78. The van der Waals surface area contributed by atoms with Crippen LogP contribution >= 0.6 is 0 Å². The lowest BCUT2D eigenvalue weighted by Gasteiger charge is -2.06. The molecule has 0 radical (unpaired) electrons. The quantitative estimate of drug-likeness (QED) is 0.502. The highest BCUT2D eigenvalue weighted by Gasteiger charge is 2.11. The molecule has 136 valence electrons. The molecule has 0 spiro atoms. The maximum absolute atomic E-state index is 12.5. The van der Waals surface area contributed by atoms with Crippen molar-refractivity contribution < 1.29 is 9.21 Å². The Morgan fingerprint density at radius 2 is 1.96 bits per heavy atom. The van der Waals surface area contributed by atoms with Crippen molar-refractivity contribution in [3.8, 4) is 11.4 Å². The maximum atomic E-state index is 12.5. The summed E-state index contributed by atoms with van der Waals surface area (Å²) in [5, 5.41) is 11.0. The summed E-state index contributed by atoms with van der Waals surface area (Å²) in [6.45, 7) is 0. The number of anilines is 1. The first-order valence-electron chi connectivity index (χ1n) is 8.38. The summed E-state index contributed by atoms with van der Waals surface area (Å²) in [6, 6.07) is 13.8. The normalized spacial score (nSPS) is 11.1. The standard InChI is InChI=1S/C19H12N6O3/c26-17(21-13-6-7-14-15(10-13)28-19(27)22-14)12-4-2-11(3-5-12)16-23-24-18-20-8-1-9-25(16)18/h1-10H,(H,21,26)(H,22,27). The van der Waals surface area contributed by atoms with Gasteiger partial charge in [0.2, 0.25) is 0 Å². The SMILES string of the molecule is O=C(Nc1ccc2[nH]c(=O)oc2c1)c1ccc(-c2nnc3ncccn23)cc1. The van der Waals surface area contributed by atoms with E-state index in [1.54, 1.807) is 59.1 Å². The largest absolute Gasteiger partial charge is 0.417 e. The number of oxazole rings is 1. The highest BCUT2D eigenvalue weighted by molar-refractivity contribution is 6.05. The van der Waals surface area contributed by atoms with E-state index in [1.807, 2.05) is 6.20 Å². The molecule has 3 aromatic heterocycles. The fraction of sp³-hybridized carbons (Fsp3) is 0. The van der Waals surface area contributed by atoms with E-state index in [0.29, 0.717) is 34.0 Å². The fourth-order valence-electron chi connectivity index (χ4n) is 2.94. The lowest BCUT2D eigenvalue weighted by molar-refractivity contribution is 0.102. The van der Waals surface area contributed by atoms with Gasteiger partial charge in [-0.1, -0.05) is 12.1 Å². The Morgan fingerprint density at radius 1 is 1.11 bits per heavy atom. The molecule has 28 heavy (non-hydrogen) atoms. The Bertz CT molecular complexity index is 1380. The van der Waals surface area contributed by atoms with Crippen LogP contribution in [-0.2, 0) is 0 Å². The summed E-state index contributed by atoms with van der Waals surface area (Å²) in [5.74, 6) is 0.330. The van der Waals surface area contributed by atoms with Crippen LogP contribution in [0.25, 0.3) is 28.3 Å². The third kappa shape index (κ3) is 2.71. The number of aromatic nitrogens is 5. The molecule has 3 heterocycles. The van der Waals surface area contributed by atoms with Gasteiger partial charge in [-0.3, -0.25) is 14.2 Å². The molecular formula is C19H12N6O3. The molecule has 9 nitrogen and oxygen atoms in total. The molecule has 0 aliphatic heterocycles. The van der Waals surface area contributed by atoms with Gasteiger partial charge in [-0.15, -0.1) is 10.2 Å². The second kappa shape index (κ2) is 6.16. The molecule has 2 aromatic carbocycles. The topological polar surface area (TPSA) is 118 Å². The van der Waals surface area contributed by atoms with Crippen LogP contribution in [0.2, 0.25) is 0 Å². The minimum atomic E-state index is -0.537. The number of benzene rings is 2. The second-order valence-electron chi connectivity index (χ2n) is 6.07. The number of nitrogens with zero attached hydrogens (tertiary/aromatic N) is 4. The molecule has 0 bridgehead atoms. The van der Waals surface area contributed by atoms with Gasteiger partial charge < -0.3 is 9.73 Å². The van der Waals surface area contributed by atoms with E-state index in [1.165, 1.54) is 0 Å². The third-order valence-electron chi connectivity index (χ3n) is 4.27. The van der Waals surface area contributed by atoms with Crippen molar-refractivity contribution >= 4 is 28.5 Å². The van der Waals surface area contributed by atoms with Crippen LogP contribution in [-0.4, -0.2) is 30.5 Å². The zero-order chi connectivity index (χ0) is 19.1. The molecule has 0 saturated carbocycles. The van der Waals surface area contributed by atoms with E-state index in [0.717, 1.165) is 5.56 Å². The van der Waals surface area contributed by atoms with Crippen molar-refractivity contribution in [3.63, 3.8) is 0 Å². The molecule has 0 atom stereocenters. The molecule has 1 amide bonds. The van der Waals surface area contributed by atoms with Crippen molar-refractivity contribution in [1.29, 1.82) is 0 Å². The molecule has 0 fully saturated rings. The number of hydrogen-bond donors (Lipinski definition) is 2. The average molecular weight is 372 g/mol. The van der Waals surface area contributed by atoms with Crippen molar-refractivity contribution in [2.45, 2.75) is 0 Å². The van der Waals surface area contributed by atoms with Crippen molar-refractivity contribution in [1.82, 2.24) is 24.6 Å². The van der Waals surface area contributed by atoms with Crippen molar-refractivity contribution in [2.24, 2.45) is 0 Å². The molecule has 0 aliphatic carbocycles. The summed E-state index contributed by atoms with van der Waals surface area (Å²) in [7, 11) is 0. The fourth-order valence-corrected chi connectivity index (χ4v) is 2.94. The monoisotopic (exact) mass is 372 g/mol. The zero-order valence-corrected chi connectivity index (χ0v) is 14.3. The Kier molecular flexibility index (Phi) is 3.51. The van der Waals surface area contributed by atoms with E-state index < -0.39 is 5.76 Å². The van der Waals surface area contributed by atoms with Gasteiger partial charge in [0.25, 0.3) is 11.7 Å². The minimum Gasteiger partial charge on any atom is -0.408 e. The number of fused-ring (bicyclic) bond motifs is 2. The van der Waals surface area contributed by atoms with Crippen LogP contribution in [0.1, 0.15) is 10.4 Å². The smallest absolute Gasteiger partial charge is 0.408 e. The van der Waals surface area contributed by atoms with Gasteiger partial charge in [0.1, 0.15) is 0 Å². The molecular weight excluding hydrogens is 360 g/mol. The van der Waals surface area contributed by atoms with Gasteiger partial charge in [0.05, 0.1) is 5.52 Å². The van der Waals surface area contributed by atoms with Gasteiger partial charge >= 0.3 is 5.76 Å². The van der Waals surface area contributed by atoms with Crippen LogP contribution in [0.15, 0.2) is 70.1 Å². The lowest BCUT2D eigenvalue weighted by Crippen LogP contribution is -2.11. The highest BCUT2D eigenvalue weighted by Crippen LogP contribution is 2.20. The number of hydrogen-bond acceptors (Lipinski definition) is 6. The number of H-pyrrole nitrogens is 1. The van der Waals surface area contributed by atoms with Gasteiger partial charge in [0, 0.05) is 35.3 Å². The summed E-state index contributed by atoms with van der Waals surface area (Å²) in [6.07, 6.45) is 3.48. The predicted molar refractivity (Wildman–Crippen MR) is 101 cm³/mol. The molecule has 0 saturated heterocycles. The van der Waals surface area contributed by atoms with Crippen LogP contribution in [0, 0.1) is 0 Å². The molecule has 5 aromatic rings. The van der Waals surface area contributed by atoms with Crippen LogP contribution in [0.5, 0.6) is 0 Å². The average Bonchev–Trinajstić information content (AvgIpc) is 3.30.